The average Bonchev–Trinajstić information content (AvgIpc) is 2.90. The SMILES string of the molecule is COc1cc(OC)c(-c2ccon2)cc1OC. The minimum atomic E-state index is 0.608. The quantitative estimate of drug-likeness (QED) is 0.814. The molecule has 0 bridgehead atoms. The largest absolute Gasteiger partial charge is 0.496 e. The van der Waals surface area contributed by atoms with E-state index in [9.17, 15) is 0 Å². The van der Waals surface area contributed by atoms with E-state index in [1.54, 1.807) is 39.5 Å². The molecule has 0 aliphatic rings. The van der Waals surface area contributed by atoms with Crippen molar-refractivity contribution < 1.29 is 18.7 Å². The maximum atomic E-state index is 5.29. The number of aromatic nitrogens is 1. The Morgan fingerprint density at radius 3 is 2.12 bits per heavy atom. The molecular formula is C12H13NO4. The molecule has 5 heteroatoms. The minimum absolute atomic E-state index is 0.608. The normalized spacial score (nSPS) is 10.1. The minimum Gasteiger partial charge on any atom is -0.496 e. The number of hydrogen-bond donors (Lipinski definition) is 0. The molecule has 0 radical (unpaired) electrons. The summed E-state index contributed by atoms with van der Waals surface area (Å²) in [6.07, 6.45) is 1.51. The summed E-state index contributed by atoms with van der Waals surface area (Å²) in [4.78, 5) is 0. The highest BCUT2D eigenvalue weighted by Gasteiger charge is 2.14. The Labute approximate surface area is 98.9 Å². The highest BCUT2D eigenvalue weighted by atomic mass is 16.5. The van der Waals surface area contributed by atoms with Gasteiger partial charge in [-0.25, -0.2) is 0 Å². The summed E-state index contributed by atoms with van der Waals surface area (Å²) in [5.74, 6) is 1.87. The molecule has 0 saturated heterocycles. The second-order valence-corrected chi connectivity index (χ2v) is 3.29. The van der Waals surface area contributed by atoms with E-state index in [-0.39, 0.29) is 0 Å². The Morgan fingerprint density at radius 1 is 0.941 bits per heavy atom. The molecule has 5 nitrogen and oxygen atoms in total. The zero-order valence-corrected chi connectivity index (χ0v) is 9.89. The zero-order valence-electron chi connectivity index (χ0n) is 9.89. The van der Waals surface area contributed by atoms with E-state index < -0.39 is 0 Å². The van der Waals surface area contributed by atoms with Gasteiger partial charge in [0.15, 0.2) is 11.5 Å². The van der Waals surface area contributed by atoms with E-state index in [1.165, 1.54) is 6.26 Å². The fourth-order valence-corrected chi connectivity index (χ4v) is 1.58. The fraction of sp³-hybridized carbons (Fsp3) is 0.250. The molecule has 1 aromatic carbocycles. The van der Waals surface area contributed by atoms with Gasteiger partial charge in [0.2, 0.25) is 0 Å². The topological polar surface area (TPSA) is 53.7 Å². The van der Waals surface area contributed by atoms with Crippen molar-refractivity contribution in [2.45, 2.75) is 0 Å². The Kier molecular flexibility index (Phi) is 3.18. The number of methoxy groups -OCH3 is 3. The van der Waals surface area contributed by atoms with Crippen LogP contribution in [0.1, 0.15) is 0 Å². The summed E-state index contributed by atoms with van der Waals surface area (Å²) in [5, 5.41) is 3.87. The lowest BCUT2D eigenvalue weighted by atomic mass is 10.1. The maximum Gasteiger partial charge on any atom is 0.164 e. The summed E-state index contributed by atoms with van der Waals surface area (Å²) >= 11 is 0. The summed E-state index contributed by atoms with van der Waals surface area (Å²) in [6.45, 7) is 0. The van der Waals surface area contributed by atoms with Gasteiger partial charge in [-0.1, -0.05) is 5.16 Å². The predicted molar refractivity (Wildman–Crippen MR) is 61.6 cm³/mol. The van der Waals surface area contributed by atoms with Crippen LogP contribution in [-0.4, -0.2) is 26.5 Å². The lowest BCUT2D eigenvalue weighted by Gasteiger charge is -2.12. The number of benzene rings is 1. The van der Waals surface area contributed by atoms with Crippen LogP contribution < -0.4 is 14.2 Å². The fourth-order valence-electron chi connectivity index (χ4n) is 1.58. The third-order valence-electron chi connectivity index (χ3n) is 2.42. The molecule has 0 atom stereocenters. The van der Waals surface area contributed by atoms with Gasteiger partial charge in [-0.3, -0.25) is 0 Å². The first-order valence-corrected chi connectivity index (χ1v) is 5.01. The Morgan fingerprint density at radius 2 is 1.59 bits per heavy atom. The maximum absolute atomic E-state index is 5.29. The van der Waals surface area contributed by atoms with E-state index in [2.05, 4.69) is 5.16 Å². The van der Waals surface area contributed by atoms with Gasteiger partial charge in [0.05, 0.1) is 21.3 Å². The molecule has 0 aliphatic carbocycles. The Balaban J connectivity index is 2.58. The Hall–Kier alpha value is -2.17. The van der Waals surface area contributed by atoms with Crippen LogP contribution >= 0.6 is 0 Å². The van der Waals surface area contributed by atoms with Crippen molar-refractivity contribution in [1.29, 1.82) is 0 Å². The Bertz CT molecular complexity index is 493. The average molecular weight is 235 g/mol. The highest BCUT2D eigenvalue weighted by Crippen LogP contribution is 2.39. The molecule has 0 saturated carbocycles. The lowest BCUT2D eigenvalue weighted by molar-refractivity contribution is 0.349. The molecule has 17 heavy (non-hydrogen) atoms. The second kappa shape index (κ2) is 4.78. The molecule has 1 heterocycles. The van der Waals surface area contributed by atoms with Gasteiger partial charge in [0, 0.05) is 17.7 Å². The number of hydrogen-bond acceptors (Lipinski definition) is 5. The predicted octanol–water partition coefficient (Wildman–Crippen LogP) is 2.37. The summed E-state index contributed by atoms with van der Waals surface area (Å²) < 4.78 is 20.6. The van der Waals surface area contributed by atoms with Crippen LogP contribution in [-0.2, 0) is 0 Å². The summed E-state index contributed by atoms with van der Waals surface area (Å²) in [5.41, 5.74) is 1.47. The molecule has 0 amide bonds. The van der Waals surface area contributed by atoms with Crippen LogP contribution in [0, 0.1) is 0 Å². The smallest absolute Gasteiger partial charge is 0.164 e. The number of nitrogens with zero attached hydrogens (tertiary/aromatic N) is 1. The number of rotatable bonds is 4. The first kappa shape index (κ1) is 11.3. The molecule has 0 N–H and O–H groups in total. The van der Waals surface area contributed by atoms with Crippen LogP contribution in [0.4, 0.5) is 0 Å². The molecule has 0 unspecified atom stereocenters. The van der Waals surface area contributed by atoms with E-state index in [4.69, 9.17) is 18.7 Å². The zero-order chi connectivity index (χ0) is 12.3. The summed E-state index contributed by atoms with van der Waals surface area (Å²) in [6, 6.07) is 5.31. The number of ether oxygens (including phenoxy) is 3. The molecular weight excluding hydrogens is 222 g/mol. The molecule has 1 aromatic heterocycles. The molecule has 0 fully saturated rings. The molecule has 2 aromatic rings. The van der Waals surface area contributed by atoms with Gasteiger partial charge in [-0.15, -0.1) is 0 Å². The molecule has 90 valence electrons. The van der Waals surface area contributed by atoms with Crippen molar-refractivity contribution in [3.8, 4) is 28.5 Å². The third kappa shape index (κ3) is 2.04. The standard InChI is InChI=1S/C12H13NO4/c1-14-10-7-12(16-3)11(15-2)6-8(10)9-4-5-17-13-9/h4-7H,1-3H3. The van der Waals surface area contributed by atoms with Gasteiger partial charge >= 0.3 is 0 Å². The van der Waals surface area contributed by atoms with Crippen molar-refractivity contribution in [2.75, 3.05) is 21.3 Å². The molecule has 0 aliphatic heterocycles. The van der Waals surface area contributed by atoms with E-state index in [0.717, 1.165) is 5.56 Å². The van der Waals surface area contributed by atoms with Crippen molar-refractivity contribution in [3.63, 3.8) is 0 Å². The van der Waals surface area contributed by atoms with Crippen LogP contribution in [0.5, 0.6) is 17.2 Å². The van der Waals surface area contributed by atoms with Crippen molar-refractivity contribution in [3.05, 3.63) is 24.5 Å². The van der Waals surface area contributed by atoms with E-state index in [1.807, 2.05) is 0 Å². The second-order valence-electron chi connectivity index (χ2n) is 3.29. The van der Waals surface area contributed by atoms with Gasteiger partial charge < -0.3 is 18.7 Å². The van der Waals surface area contributed by atoms with E-state index >= 15 is 0 Å². The van der Waals surface area contributed by atoms with Crippen LogP contribution in [0.2, 0.25) is 0 Å². The summed E-state index contributed by atoms with van der Waals surface area (Å²) in [7, 11) is 4.74. The van der Waals surface area contributed by atoms with Crippen LogP contribution in [0.3, 0.4) is 0 Å². The van der Waals surface area contributed by atoms with Gasteiger partial charge in [0.25, 0.3) is 0 Å². The molecule has 0 spiro atoms. The van der Waals surface area contributed by atoms with Crippen molar-refractivity contribution in [1.82, 2.24) is 5.16 Å². The highest BCUT2D eigenvalue weighted by molar-refractivity contribution is 5.71. The van der Waals surface area contributed by atoms with Crippen molar-refractivity contribution in [2.24, 2.45) is 0 Å². The van der Waals surface area contributed by atoms with Crippen LogP contribution in [0.15, 0.2) is 29.0 Å². The first-order chi connectivity index (χ1) is 8.30. The van der Waals surface area contributed by atoms with Crippen LogP contribution in [0.25, 0.3) is 11.3 Å². The van der Waals surface area contributed by atoms with Crippen molar-refractivity contribution >= 4 is 0 Å². The first-order valence-electron chi connectivity index (χ1n) is 5.01. The lowest BCUT2D eigenvalue weighted by Crippen LogP contribution is -1.94. The van der Waals surface area contributed by atoms with Gasteiger partial charge in [-0.05, 0) is 6.07 Å². The molecule has 2 rings (SSSR count). The van der Waals surface area contributed by atoms with E-state index in [0.29, 0.717) is 22.9 Å². The monoisotopic (exact) mass is 235 g/mol. The van der Waals surface area contributed by atoms with Gasteiger partial charge in [-0.2, -0.15) is 0 Å². The third-order valence-corrected chi connectivity index (χ3v) is 2.42. The van der Waals surface area contributed by atoms with Gasteiger partial charge in [0.1, 0.15) is 17.7 Å².